The molecule has 0 saturated carbocycles. The van der Waals surface area contributed by atoms with Gasteiger partial charge in [0.2, 0.25) is 5.91 Å². The first-order valence-corrected chi connectivity index (χ1v) is 8.96. The molecule has 0 bridgehead atoms. The predicted octanol–water partition coefficient (Wildman–Crippen LogP) is 3.43. The van der Waals surface area contributed by atoms with Crippen molar-refractivity contribution in [1.82, 2.24) is 10.2 Å². The Bertz CT molecular complexity index is 807. The quantitative estimate of drug-likeness (QED) is 0.929. The van der Waals surface area contributed by atoms with E-state index in [9.17, 15) is 9.59 Å². The minimum atomic E-state index is -0.146. The van der Waals surface area contributed by atoms with Gasteiger partial charge in [0.1, 0.15) is 5.58 Å². The Kier molecular flexibility index (Phi) is 4.84. The molecular formula is C20H26N2O3. The first-order valence-electron chi connectivity index (χ1n) is 8.96. The normalized spacial score (nSPS) is 18.0. The number of piperidine rings is 1. The van der Waals surface area contributed by atoms with Gasteiger partial charge in [-0.25, -0.2) is 0 Å². The van der Waals surface area contributed by atoms with Gasteiger partial charge < -0.3 is 14.6 Å². The fraction of sp³-hybridized carbons (Fsp3) is 0.500. The second-order valence-electron chi connectivity index (χ2n) is 7.31. The summed E-state index contributed by atoms with van der Waals surface area (Å²) >= 11 is 0. The van der Waals surface area contributed by atoms with Gasteiger partial charge in [0.05, 0.1) is 5.92 Å². The second kappa shape index (κ2) is 6.90. The molecular weight excluding hydrogens is 316 g/mol. The van der Waals surface area contributed by atoms with Crippen molar-refractivity contribution in [2.45, 2.75) is 46.6 Å². The van der Waals surface area contributed by atoms with Crippen LogP contribution in [0.4, 0.5) is 0 Å². The Morgan fingerprint density at radius 1 is 1.28 bits per heavy atom. The number of rotatable bonds is 3. The van der Waals surface area contributed by atoms with E-state index in [-0.39, 0.29) is 23.8 Å². The average molecular weight is 342 g/mol. The minimum Gasteiger partial charge on any atom is -0.451 e. The van der Waals surface area contributed by atoms with Crippen LogP contribution in [0.15, 0.2) is 22.6 Å². The zero-order chi connectivity index (χ0) is 18.1. The highest BCUT2D eigenvalue weighted by Gasteiger charge is 2.31. The van der Waals surface area contributed by atoms with Crippen molar-refractivity contribution in [3.63, 3.8) is 0 Å². The number of hydrogen-bond donors (Lipinski definition) is 1. The van der Waals surface area contributed by atoms with Crippen LogP contribution in [0, 0.1) is 19.8 Å². The van der Waals surface area contributed by atoms with E-state index < -0.39 is 0 Å². The highest BCUT2D eigenvalue weighted by molar-refractivity contribution is 5.99. The van der Waals surface area contributed by atoms with Crippen LogP contribution in [-0.2, 0) is 4.79 Å². The molecule has 1 aliphatic heterocycles. The summed E-state index contributed by atoms with van der Waals surface area (Å²) in [5, 5.41) is 3.92. The Balaban J connectivity index is 1.81. The van der Waals surface area contributed by atoms with E-state index in [1.807, 2.05) is 45.9 Å². The van der Waals surface area contributed by atoms with Crippen molar-refractivity contribution in [3.8, 4) is 0 Å². The Labute approximate surface area is 148 Å². The van der Waals surface area contributed by atoms with Crippen LogP contribution in [0.5, 0.6) is 0 Å². The first-order chi connectivity index (χ1) is 11.9. The van der Waals surface area contributed by atoms with E-state index in [2.05, 4.69) is 5.32 Å². The van der Waals surface area contributed by atoms with E-state index in [1.54, 1.807) is 4.90 Å². The summed E-state index contributed by atoms with van der Waals surface area (Å²) in [4.78, 5) is 27.0. The van der Waals surface area contributed by atoms with E-state index in [0.29, 0.717) is 18.8 Å². The molecule has 1 aromatic heterocycles. The molecule has 0 unspecified atom stereocenters. The van der Waals surface area contributed by atoms with Gasteiger partial charge in [0, 0.05) is 30.1 Å². The van der Waals surface area contributed by atoms with E-state index >= 15 is 0 Å². The average Bonchev–Trinajstić information content (AvgIpc) is 2.89. The molecule has 3 rings (SSSR count). The van der Waals surface area contributed by atoms with Gasteiger partial charge >= 0.3 is 0 Å². The van der Waals surface area contributed by atoms with Gasteiger partial charge in [0.25, 0.3) is 5.91 Å². The van der Waals surface area contributed by atoms with E-state index in [1.165, 1.54) is 0 Å². The summed E-state index contributed by atoms with van der Waals surface area (Å²) < 4.78 is 5.86. The molecule has 1 N–H and O–H groups in total. The highest BCUT2D eigenvalue weighted by Crippen LogP contribution is 2.28. The number of likely N-dealkylation sites (tertiary alicyclic amines) is 1. The van der Waals surface area contributed by atoms with Gasteiger partial charge in [-0.15, -0.1) is 0 Å². The van der Waals surface area contributed by atoms with Gasteiger partial charge in [-0.3, -0.25) is 9.59 Å². The number of furan rings is 1. The third kappa shape index (κ3) is 3.55. The zero-order valence-electron chi connectivity index (χ0n) is 15.4. The number of carbonyl (C=O) groups excluding carboxylic acids is 2. The fourth-order valence-electron chi connectivity index (χ4n) is 3.46. The monoisotopic (exact) mass is 342 g/mol. The Morgan fingerprint density at radius 2 is 2.04 bits per heavy atom. The summed E-state index contributed by atoms with van der Waals surface area (Å²) in [6.45, 7) is 8.93. The number of aryl methyl sites for hydroxylation is 2. The fourth-order valence-corrected chi connectivity index (χ4v) is 3.46. The molecule has 1 saturated heterocycles. The molecule has 0 aliphatic carbocycles. The van der Waals surface area contributed by atoms with Crippen molar-refractivity contribution in [2.75, 3.05) is 13.1 Å². The SMILES string of the molecule is Cc1ccc2c(C)c(C(=O)N3CCC[C@@H](C(=O)NC(C)C)C3)oc2c1. The summed E-state index contributed by atoms with van der Waals surface area (Å²) in [7, 11) is 0. The summed E-state index contributed by atoms with van der Waals surface area (Å²) in [6, 6.07) is 6.08. The number of carbonyl (C=O) groups is 2. The van der Waals surface area contributed by atoms with Crippen LogP contribution >= 0.6 is 0 Å². The molecule has 1 aliphatic rings. The van der Waals surface area contributed by atoms with Crippen molar-refractivity contribution in [1.29, 1.82) is 0 Å². The van der Waals surface area contributed by atoms with Gasteiger partial charge in [-0.2, -0.15) is 0 Å². The molecule has 2 aromatic rings. The zero-order valence-corrected chi connectivity index (χ0v) is 15.4. The number of hydrogen-bond acceptors (Lipinski definition) is 3. The molecule has 5 nitrogen and oxygen atoms in total. The molecule has 0 radical (unpaired) electrons. The van der Waals surface area contributed by atoms with E-state index in [0.717, 1.165) is 34.9 Å². The largest absolute Gasteiger partial charge is 0.451 e. The molecule has 134 valence electrons. The lowest BCUT2D eigenvalue weighted by Gasteiger charge is -2.32. The lowest BCUT2D eigenvalue weighted by molar-refractivity contribution is -0.126. The lowest BCUT2D eigenvalue weighted by atomic mass is 9.96. The maximum Gasteiger partial charge on any atom is 0.289 e. The van der Waals surface area contributed by atoms with Crippen LogP contribution in [0.3, 0.4) is 0 Å². The summed E-state index contributed by atoms with van der Waals surface area (Å²) in [6.07, 6.45) is 1.65. The molecule has 1 atom stereocenters. The Morgan fingerprint density at radius 3 is 2.76 bits per heavy atom. The van der Waals surface area contributed by atoms with Crippen molar-refractivity contribution >= 4 is 22.8 Å². The summed E-state index contributed by atoms with van der Waals surface area (Å²) in [5.74, 6) is 0.162. The maximum absolute atomic E-state index is 13.0. The number of nitrogens with one attached hydrogen (secondary N) is 1. The van der Waals surface area contributed by atoms with Gasteiger partial charge in [-0.1, -0.05) is 12.1 Å². The molecule has 1 fully saturated rings. The molecule has 2 amide bonds. The standard InChI is InChI=1S/C20H26N2O3/c1-12(2)21-19(23)15-6-5-9-22(11-15)20(24)18-14(4)16-8-7-13(3)10-17(16)25-18/h7-8,10,12,15H,5-6,9,11H2,1-4H3,(H,21,23)/t15-/m1/s1. The van der Waals surface area contributed by atoms with Crippen molar-refractivity contribution in [2.24, 2.45) is 5.92 Å². The van der Waals surface area contributed by atoms with Crippen LogP contribution < -0.4 is 5.32 Å². The maximum atomic E-state index is 13.0. The molecule has 0 spiro atoms. The molecule has 25 heavy (non-hydrogen) atoms. The highest BCUT2D eigenvalue weighted by atomic mass is 16.3. The van der Waals surface area contributed by atoms with Crippen LogP contribution in [0.1, 0.15) is 48.4 Å². The number of benzene rings is 1. The van der Waals surface area contributed by atoms with Gasteiger partial charge in [0.15, 0.2) is 5.76 Å². The smallest absolute Gasteiger partial charge is 0.289 e. The Hall–Kier alpha value is -2.30. The molecule has 5 heteroatoms. The van der Waals surface area contributed by atoms with Gasteiger partial charge in [-0.05, 0) is 52.2 Å². The van der Waals surface area contributed by atoms with Crippen molar-refractivity contribution < 1.29 is 14.0 Å². The van der Waals surface area contributed by atoms with Crippen LogP contribution in [-0.4, -0.2) is 35.8 Å². The topological polar surface area (TPSA) is 62.6 Å². The van der Waals surface area contributed by atoms with Crippen LogP contribution in [0.2, 0.25) is 0 Å². The van der Waals surface area contributed by atoms with Crippen LogP contribution in [0.25, 0.3) is 11.0 Å². The minimum absolute atomic E-state index is 0.0319. The third-order valence-corrected chi connectivity index (χ3v) is 4.80. The number of amides is 2. The summed E-state index contributed by atoms with van der Waals surface area (Å²) in [5.41, 5.74) is 2.71. The second-order valence-corrected chi connectivity index (χ2v) is 7.31. The molecule has 1 aromatic carbocycles. The third-order valence-electron chi connectivity index (χ3n) is 4.80. The number of fused-ring (bicyclic) bond motifs is 1. The molecule has 2 heterocycles. The first kappa shape index (κ1) is 17.5. The van der Waals surface area contributed by atoms with E-state index in [4.69, 9.17) is 4.42 Å². The number of nitrogens with zero attached hydrogens (tertiary/aromatic N) is 1. The lowest BCUT2D eigenvalue weighted by Crippen LogP contribution is -2.46. The van der Waals surface area contributed by atoms with Crippen molar-refractivity contribution in [3.05, 3.63) is 35.1 Å². The predicted molar refractivity (Wildman–Crippen MR) is 97.6 cm³/mol.